The topological polar surface area (TPSA) is 61.4 Å². The van der Waals surface area contributed by atoms with Crippen LogP contribution >= 0.6 is 0 Å². The molecule has 0 aromatic heterocycles. The van der Waals surface area contributed by atoms with E-state index in [0.717, 1.165) is 28.5 Å². The smallest absolute Gasteiger partial charge is 0.243 e. The Labute approximate surface area is 167 Å². The lowest BCUT2D eigenvalue weighted by Gasteiger charge is -2.16. The van der Waals surface area contributed by atoms with E-state index in [1.165, 1.54) is 6.07 Å². The van der Waals surface area contributed by atoms with Crippen molar-refractivity contribution in [2.75, 3.05) is 25.5 Å². The van der Waals surface area contributed by atoms with Gasteiger partial charge >= 0.3 is 0 Å². The average molecular weight is 397 g/mol. The second-order valence-electron chi connectivity index (χ2n) is 6.81. The van der Waals surface area contributed by atoms with E-state index < -0.39 is 17.5 Å². The van der Waals surface area contributed by atoms with Crippen LogP contribution in [0.5, 0.6) is 0 Å². The number of hydrogen-bond donors (Lipinski definition) is 2. The number of likely N-dealkylation sites (N-methyl/N-ethyl adjacent to an activating group) is 1. The van der Waals surface area contributed by atoms with Crippen molar-refractivity contribution in [2.24, 2.45) is 0 Å². The maximum Gasteiger partial charge on any atom is 0.243 e. The van der Waals surface area contributed by atoms with Gasteiger partial charge in [-0.3, -0.25) is 14.5 Å². The van der Waals surface area contributed by atoms with Gasteiger partial charge in [0.15, 0.2) is 11.6 Å². The summed E-state index contributed by atoms with van der Waals surface area (Å²) in [6.07, 6.45) is 0. The van der Waals surface area contributed by atoms with Crippen LogP contribution in [0.2, 0.25) is 0 Å². The van der Waals surface area contributed by atoms with Crippen LogP contribution in [0, 0.1) is 11.6 Å². The Morgan fingerprint density at radius 3 is 2.41 bits per heavy atom. The van der Waals surface area contributed by atoms with Gasteiger partial charge in [0.1, 0.15) is 0 Å². The van der Waals surface area contributed by atoms with Crippen molar-refractivity contribution >= 4 is 28.3 Å². The van der Waals surface area contributed by atoms with Gasteiger partial charge in [0.2, 0.25) is 11.8 Å². The number of amides is 2. The summed E-state index contributed by atoms with van der Waals surface area (Å²) in [6.45, 7) is 0.437. The second-order valence-corrected chi connectivity index (χ2v) is 6.81. The fraction of sp³-hybridized carbons (Fsp3) is 0.182. The molecule has 0 fully saturated rings. The van der Waals surface area contributed by atoms with Gasteiger partial charge in [0, 0.05) is 18.3 Å². The molecule has 0 heterocycles. The van der Waals surface area contributed by atoms with Crippen LogP contribution in [0.25, 0.3) is 10.8 Å². The SMILES string of the molecule is CN(CC(=O)NCC(=O)Nc1ccc(F)c(F)c1)Cc1ccc2ccccc2c1. The Morgan fingerprint density at radius 1 is 0.897 bits per heavy atom. The molecule has 3 aromatic carbocycles. The summed E-state index contributed by atoms with van der Waals surface area (Å²) in [7, 11) is 1.82. The van der Waals surface area contributed by atoms with E-state index in [9.17, 15) is 18.4 Å². The highest BCUT2D eigenvalue weighted by molar-refractivity contribution is 5.94. The summed E-state index contributed by atoms with van der Waals surface area (Å²) in [4.78, 5) is 25.8. The Kier molecular flexibility index (Phi) is 6.51. The molecule has 2 N–H and O–H groups in total. The first-order valence-electron chi connectivity index (χ1n) is 9.08. The molecule has 29 heavy (non-hydrogen) atoms. The van der Waals surface area contributed by atoms with Gasteiger partial charge in [-0.25, -0.2) is 8.78 Å². The standard InChI is InChI=1S/C22H21F2N3O2/c1-27(13-15-6-7-16-4-2-3-5-17(16)10-15)14-22(29)25-12-21(28)26-18-8-9-19(23)20(24)11-18/h2-11H,12-14H2,1H3,(H,25,29)(H,26,28). The van der Waals surface area contributed by atoms with Crippen LogP contribution in [0.1, 0.15) is 5.56 Å². The summed E-state index contributed by atoms with van der Waals surface area (Å²) >= 11 is 0. The molecule has 3 aromatic rings. The minimum Gasteiger partial charge on any atom is -0.346 e. The molecular weight excluding hydrogens is 376 g/mol. The third kappa shape index (κ3) is 5.83. The number of anilines is 1. The number of carbonyl (C=O) groups excluding carboxylic acids is 2. The Hall–Kier alpha value is -3.32. The van der Waals surface area contributed by atoms with Crippen LogP contribution in [0.15, 0.2) is 60.7 Å². The lowest BCUT2D eigenvalue weighted by molar-refractivity contribution is -0.124. The molecule has 0 spiro atoms. The number of fused-ring (bicyclic) bond motifs is 1. The van der Waals surface area contributed by atoms with Crippen molar-refractivity contribution in [2.45, 2.75) is 6.54 Å². The first kappa shape index (κ1) is 20.4. The van der Waals surface area contributed by atoms with Crippen molar-refractivity contribution < 1.29 is 18.4 Å². The zero-order valence-electron chi connectivity index (χ0n) is 15.9. The fourth-order valence-corrected chi connectivity index (χ4v) is 2.96. The highest BCUT2D eigenvalue weighted by Gasteiger charge is 2.10. The number of nitrogens with zero attached hydrogens (tertiary/aromatic N) is 1. The third-order valence-corrected chi connectivity index (χ3v) is 4.33. The Balaban J connectivity index is 1.45. The molecule has 150 valence electrons. The quantitative estimate of drug-likeness (QED) is 0.643. The van der Waals surface area contributed by atoms with Crippen LogP contribution in [-0.2, 0) is 16.1 Å². The second kappa shape index (κ2) is 9.25. The number of nitrogens with one attached hydrogen (secondary N) is 2. The molecule has 3 rings (SSSR count). The van der Waals surface area contributed by atoms with Crippen molar-refractivity contribution in [1.82, 2.24) is 10.2 Å². The van der Waals surface area contributed by atoms with Gasteiger partial charge in [0.05, 0.1) is 13.1 Å². The predicted octanol–water partition coefficient (Wildman–Crippen LogP) is 3.30. The molecule has 0 unspecified atom stereocenters. The molecule has 0 atom stereocenters. The summed E-state index contributed by atoms with van der Waals surface area (Å²) in [5.41, 5.74) is 1.20. The van der Waals surface area contributed by atoms with Crippen LogP contribution in [0.3, 0.4) is 0 Å². The highest BCUT2D eigenvalue weighted by Crippen LogP contribution is 2.16. The first-order valence-corrected chi connectivity index (χ1v) is 9.08. The van der Waals surface area contributed by atoms with E-state index in [-0.39, 0.29) is 24.7 Å². The predicted molar refractivity (Wildman–Crippen MR) is 108 cm³/mol. The van der Waals surface area contributed by atoms with E-state index in [1.54, 1.807) is 0 Å². The summed E-state index contributed by atoms with van der Waals surface area (Å²) in [5, 5.41) is 7.21. The van der Waals surface area contributed by atoms with E-state index in [2.05, 4.69) is 16.7 Å². The molecule has 2 amide bonds. The van der Waals surface area contributed by atoms with Crippen molar-refractivity contribution in [3.8, 4) is 0 Å². The molecule has 0 saturated heterocycles. The molecule has 0 aliphatic heterocycles. The van der Waals surface area contributed by atoms with Gasteiger partial charge in [0.25, 0.3) is 0 Å². The van der Waals surface area contributed by atoms with Gasteiger partial charge in [-0.1, -0.05) is 36.4 Å². The number of rotatable bonds is 7. The highest BCUT2D eigenvalue weighted by atomic mass is 19.2. The molecule has 7 heteroatoms. The molecular formula is C22H21F2N3O2. The normalized spacial score (nSPS) is 10.9. The van der Waals surface area contributed by atoms with Crippen molar-refractivity contribution in [1.29, 1.82) is 0 Å². The zero-order chi connectivity index (χ0) is 20.8. The monoisotopic (exact) mass is 397 g/mol. The molecule has 0 aliphatic rings. The molecule has 0 saturated carbocycles. The minimum atomic E-state index is -1.05. The Morgan fingerprint density at radius 2 is 1.66 bits per heavy atom. The maximum absolute atomic E-state index is 13.2. The van der Waals surface area contributed by atoms with Gasteiger partial charge in [-0.2, -0.15) is 0 Å². The lowest BCUT2D eigenvalue weighted by Crippen LogP contribution is -2.39. The summed E-state index contributed by atoms with van der Waals surface area (Å²) < 4.78 is 26.0. The summed E-state index contributed by atoms with van der Waals surface area (Å²) in [6, 6.07) is 17.2. The van der Waals surface area contributed by atoms with E-state index in [0.29, 0.717) is 6.54 Å². The molecule has 0 bridgehead atoms. The van der Waals surface area contributed by atoms with Gasteiger partial charge in [-0.15, -0.1) is 0 Å². The van der Waals surface area contributed by atoms with E-state index >= 15 is 0 Å². The first-order chi connectivity index (χ1) is 13.9. The van der Waals surface area contributed by atoms with Gasteiger partial charge in [-0.05, 0) is 41.6 Å². The minimum absolute atomic E-state index is 0.116. The molecule has 0 radical (unpaired) electrons. The third-order valence-electron chi connectivity index (χ3n) is 4.33. The maximum atomic E-state index is 13.2. The Bertz CT molecular complexity index is 1040. The van der Waals surface area contributed by atoms with E-state index in [4.69, 9.17) is 0 Å². The summed E-state index contributed by atoms with van der Waals surface area (Å²) in [5.74, 6) is -2.89. The molecule has 5 nitrogen and oxygen atoms in total. The largest absolute Gasteiger partial charge is 0.346 e. The lowest BCUT2D eigenvalue weighted by atomic mass is 10.1. The number of hydrogen-bond acceptors (Lipinski definition) is 3. The average Bonchev–Trinajstić information content (AvgIpc) is 2.69. The van der Waals surface area contributed by atoms with Gasteiger partial charge < -0.3 is 10.6 Å². The number of halogens is 2. The number of carbonyl (C=O) groups is 2. The van der Waals surface area contributed by atoms with Crippen LogP contribution in [-0.4, -0.2) is 36.9 Å². The molecule has 0 aliphatic carbocycles. The fourth-order valence-electron chi connectivity index (χ4n) is 2.96. The van der Waals surface area contributed by atoms with E-state index in [1.807, 2.05) is 48.3 Å². The van der Waals surface area contributed by atoms with Crippen molar-refractivity contribution in [3.63, 3.8) is 0 Å². The van der Waals surface area contributed by atoms with Crippen molar-refractivity contribution in [3.05, 3.63) is 77.9 Å². The van der Waals surface area contributed by atoms with Crippen LogP contribution < -0.4 is 10.6 Å². The zero-order valence-corrected chi connectivity index (χ0v) is 15.9. The van der Waals surface area contributed by atoms with Crippen LogP contribution in [0.4, 0.5) is 14.5 Å². The number of benzene rings is 3.